The zero-order valence-corrected chi connectivity index (χ0v) is 7.70. The van der Waals surface area contributed by atoms with E-state index in [4.69, 9.17) is 0 Å². The van der Waals surface area contributed by atoms with Gasteiger partial charge in [0.1, 0.15) is 5.69 Å². The monoisotopic (exact) mass is 189 g/mol. The fourth-order valence-corrected chi connectivity index (χ4v) is 1.71. The summed E-state index contributed by atoms with van der Waals surface area (Å²) in [5, 5.41) is 7.78. The second-order valence-electron chi connectivity index (χ2n) is 3.36. The summed E-state index contributed by atoms with van der Waals surface area (Å²) in [6.45, 7) is 2.83. The Bertz CT molecular complexity index is 405. The standard InChI is InChI=1S/C9H11N5/c1-2-12-9(11-1)8-5-7-6-10-3-4-14(7)13-8/h1-2,5,10H,3-4,6H2,(H,11,12). The second-order valence-corrected chi connectivity index (χ2v) is 3.36. The van der Waals surface area contributed by atoms with E-state index in [0.717, 1.165) is 31.2 Å². The third-order valence-electron chi connectivity index (χ3n) is 2.41. The van der Waals surface area contributed by atoms with Gasteiger partial charge in [0.15, 0.2) is 5.82 Å². The summed E-state index contributed by atoms with van der Waals surface area (Å²) < 4.78 is 2.04. The largest absolute Gasteiger partial charge is 0.343 e. The Morgan fingerprint density at radius 3 is 3.21 bits per heavy atom. The van der Waals surface area contributed by atoms with Gasteiger partial charge in [-0.3, -0.25) is 4.68 Å². The molecule has 5 heteroatoms. The lowest BCUT2D eigenvalue weighted by Gasteiger charge is -2.13. The van der Waals surface area contributed by atoms with Crippen molar-refractivity contribution in [2.24, 2.45) is 0 Å². The summed E-state index contributed by atoms with van der Waals surface area (Å²) in [6, 6.07) is 2.07. The molecular formula is C9H11N5. The lowest BCUT2D eigenvalue weighted by Crippen LogP contribution is -2.28. The Labute approximate surface area is 81.2 Å². The number of aromatic nitrogens is 4. The van der Waals surface area contributed by atoms with E-state index in [-0.39, 0.29) is 0 Å². The first-order chi connectivity index (χ1) is 6.93. The van der Waals surface area contributed by atoms with Gasteiger partial charge in [0.25, 0.3) is 0 Å². The van der Waals surface area contributed by atoms with Gasteiger partial charge in [-0.15, -0.1) is 0 Å². The average Bonchev–Trinajstić information content (AvgIpc) is 2.86. The van der Waals surface area contributed by atoms with E-state index in [1.54, 1.807) is 6.20 Å². The zero-order valence-electron chi connectivity index (χ0n) is 7.70. The predicted molar refractivity (Wildman–Crippen MR) is 51.5 cm³/mol. The van der Waals surface area contributed by atoms with Gasteiger partial charge in [-0.1, -0.05) is 0 Å². The molecule has 2 aromatic heterocycles. The van der Waals surface area contributed by atoms with E-state index in [1.165, 1.54) is 5.69 Å². The van der Waals surface area contributed by atoms with Gasteiger partial charge in [0.2, 0.25) is 0 Å². The molecule has 0 atom stereocenters. The molecule has 0 bridgehead atoms. The summed E-state index contributed by atoms with van der Waals surface area (Å²) in [5.41, 5.74) is 2.15. The van der Waals surface area contributed by atoms with E-state index < -0.39 is 0 Å². The number of nitrogens with one attached hydrogen (secondary N) is 2. The molecule has 0 aliphatic carbocycles. The van der Waals surface area contributed by atoms with Crippen molar-refractivity contribution in [1.29, 1.82) is 0 Å². The number of fused-ring (bicyclic) bond motifs is 1. The highest BCUT2D eigenvalue weighted by molar-refractivity contribution is 5.49. The van der Waals surface area contributed by atoms with E-state index in [0.29, 0.717) is 0 Å². The Kier molecular flexibility index (Phi) is 1.63. The molecule has 0 saturated carbocycles. The first-order valence-electron chi connectivity index (χ1n) is 4.71. The normalized spacial score (nSPS) is 15.4. The molecule has 1 aliphatic rings. The van der Waals surface area contributed by atoms with E-state index in [9.17, 15) is 0 Å². The van der Waals surface area contributed by atoms with Gasteiger partial charge in [-0.2, -0.15) is 5.10 Å². The van der Waals surface area contributed by atoms with E-state index in [1.807, 2.05) is 10.9 Å². The Hall–Kier alpha value is -1.62. The molecule has 2 aromatic rings. The third-order valence-corrected chi connectivity index (χ3v) is 2.41. The molecule has 0 amide bonds. The van der Waals surface area contributed by atoms with Crippen molar-refractivity contribution in [3.8, 4) is 11.5 Å². The van der Waals surface area contributed by atoms with Gasteiger partial charge in [0.05, 0.1) is 12.2 Å². The molecule has 5 nitrogen and oxygen atoms in total. The first kappa shape index (κ1) is 7.75. The average molecular weight is 189 g/mol. The number of imidazole rings is 1. The van der Waals surface area contributed by atoms with Crippen molar-refractivity contribution in [2.75, 3.05) is 6.54 Å². The molecule has 3 heterocycles. The summed E-state index contributed by atoms with van der Waals surface area (Å²) in [7, 11) is 0. The van der Waals surface area contributed by atoms with Gasteiger partial charge in [-0.25, -0.2) is 4.98 Å². The summed E-state index contributed by atoms with van der Waals surface area (Å²) in [4.78, 5) is 7.23. The van der Waals surface area contributed by atoms with Crippen LogP contribution in [0.5, 0.6) is 0 Å². The minimum absolute atomic E-state index is 0.840. The Balaban J connectivity index is 2.04. The van der Waals surface area contributed by atoms with Crippen LogP contribution in [0.2, 0.25) is 0 Å². The van der Waals surface area contributed by atoms with E-state index >= 15 is 0 Å². The Morgan fingerprint density at radius 2 is 2.43 bits per heavy atom. The molecule has 14 heavy (non-hydrogen) atoms. The van der Waals surface area contributed by atoms with Crippen LogP contribution < -0.4 is 5.32 Å². The molecule has 1 aliphatic heterocycles. The number of hydrogen-bond donors (Lipinski definition) is 2. The molecule has 0 saturated heterocycles. The summed E-state index contributed by atoms with van der Waals surface area (Å²) in [6.07, 6.45) is 3.55. The fraction of sp³-hybridized carbons (Fsp3) is 0.333. The maximum absolute atomic E-state index is 4.48. The van der Waals surface area contributed by atoms with Gasteiger partial charge < -0.3 is 10.3 Å². The van der Waals surface area contributed by atoms with Crippen molar-refractivity contribution in [1.82, 2.24) is 25.1 Å². The Morgan fingerprint density at radius 1 is 1.43 bits per heavy atom. The number of aromatic amines is 1. The van der Waals surface area contributed by atoms with Crippen molar-refractivity contribution >= 4 is 0 Å². The van der Waals surface area contributed by atoms with Crippen LogP contribution in [-0.2, 0) is 13.1 Å². The number of rotatable bonds is 1. The third kappa shape index (κ3) is 1.13. The molecule has 0 spiro atoms. The minimum Gasteiger partial charge on any atom is -0.343 e. The number of hydrogen-bond acceptors (Lipinski definition) is 3. The predicted octanol–water partition coefficient (Wildman–Crippen LogP) is 0.376. The first-order valence-corrected chi connectivity index (χ1v) is 4.71. The lowest BCUT2D eigenvalue weighted by atomic mass is 10.3. The molecule has 2 N–H and O–H groups in total. The second kappa shape index (κ2) is 2.95. The van der Waals surface area contributed by atoms with Crippen LogP contribution in [0.4, 0.5) is 0 Å². The highest BCUT2D eigenvalue weighted by Crippen LogP contribution is 2.15. The van der Waals surface area contributed by atoms with Crippen LogP contribution in [0.3, 0.4) is 0 Å². The van der Waals surface area contributed by atoms with Crippen molar-refractivity contribution in [3.63, 3.8) is 0 Å². The zero-order chi connectivity index (χ0) is 9.38. The minimum atomic E-state index is 0.840. The summed E-state index contributed by atoms with van der Waals surface area (Å²) in [5.74, 6) is 0.840. The highest BCUT2D eigenvalue weighted by atomic mass is 15.3. The van der Waals surface area contributed by atoms with Crippen molar-refractivity contribution < 1.29 is 0 Å². The lowest BCUT2D eigenvalue weighted by molar-refractivity contribution is 0.476. The van der Waals surface area contributed by atoms with Crippen LogP contribution in [-0.4, -0.2) is 26.3 Å². The highest BCUT2D eigenvalue weighted by Gasteiger charge is 2.13. The van der Waals surface area contributed by atoms with Crippen LogP contribution in [0.15, 0.2) is 18.5 Å². The van der Waals surface area contributed by atoms with Crippen LogP contribution >= 0.6 is 0 Å². The van der Waals surface area contributed by atoms with Crippen molar-refractivity contribution in [2.45, 2.75) is 13.1 Å². The molecule has 72 valence electrons. The van der Waals surface area contributed by atoms with E-state index in [2.05, 4.69) is 26.4 Å². The van der Waals surface area contributed by atoms with Gasteiger partial charge in [-0.05, 0) is 6.07 Å². The molecule has 0 radical (unpaired) electrons. The molecule has 3 rings (SSSR count). The molecular weight excluding hydrogens is 178 g/mol. The quantitative estimate of drug-likeness (QED) is 0.681. The van der Waals surface area contributed by atoms with Crippen molar-refractivity contribution in [3.05, 3.63) is 24.2 Å². The summed E-state index contributed by atoms with van der Waals surface area (Å²) >= 11 is 0. The van der Waals surface area contributed by atoms with Crippen LogP contribution in [0.1, 0.15) is 5.69 Å². The van der Waals surface area contributed by atoms with Gasteiger partial charge in [0, 0.05) is 25.5 Å². The SMILES string of the molecule is c1c[nH]c(-c2cc3n(n2)CCNC3)n1. The molecule has 0 unspecified atom stereocenters. The maximum Gasteiger partial charge on any atom is 0.157 e. The number of H-pyrrole nitrogens is 1. The fourth-order valence-electron chi connectivity index (χ4n) is 1.71. The van der Waals surface area contributed by atoms with Crippen LogP contribution in [0.25, 0.3) is 11.5 Å². The topological polar surface area (TPSA) is 58.5 Å². The molecule has 0 fully saturated rings. The maximum atomic E-state index is 4.48. The smallest absolute Gasteiger partial charge is 0.157 e. The van der Waals surface area contributed by atoms with Crippen LogP contribution in [0, 0.1) is 0 Å². The molecule has 0 aromatic carbocycles. The van der Waals surface area contributed by atoms with Gasteiger partial charge >= 0.3 is 0 Å². The number of nitrogens with zero attached hydrogens (tertiary/aromatic N) is 3.